The Morgan fingerprint density at radius 2 is 1.73 bits per heavy atom. The van der Waals surface area contributed by atoms with Gasteiger partial charge >= 0.3 is 5.97 Å². The van der Waals surface area contributed by atoms with E-state index in [1.165, 1.54) is 12.8 Å². The number of carbonyl (C=O) groups excluding carboxylic acids is 1. The van der Waals surface area contributed by atoms with Gasteiger partial charge in [0.2, 0.25) is 0 Å². The largest absolute Gasteiger partial charge is 0.463 e. The summed E-state index contributed by atoms with van der Waals surface area (Å²) in [5, 5.41) is 15.2. The molecule has 1 saturated heterocycles. The molecule has 1 aliphatic carbocycles. The lowest BCUT2D eigenvalue weighted by Crippen LogP contribution is -2.45. The molecule has 6 nitrogen and oxygen atoms in total. The Morgan fingerprint density at radius 3 is 2.42 bits per heavy atom. The first kappa shape index (κ1) is 23.8. The lowest BCUT2D eigenvalue weighted by Gasteiger charge is -2.37. The lowest BCUT2D eigenvalue weighted by molar-refractivity contribution is -0.176. The number of nitrogens with one attached hydrogen (secondary N) is 1. The average molecular weight is 452 g/mol. The fourth-order valence-electron chi connectivity index (χ4n) is 5.43. The maximum atomic E-state index is 13.5. The van der Waals surface area contributed by atoms with Crippen LogP contribution in [0.5, 0.6) is 0 Å². The van der Waals surface area contributed by atoms with Gasteiger partial charge in [-0.1, -0.05) is 49.6 Å². The van der Waals surface area contributed by atoms with Gasteiger partial charge < -0.3 is 15.2 Å². The van der Waals surface area contributed by atoms with Crippen molar-refractivity contribution in [1.29, 1.82) is 0 Å². The van der Waals surface area contributed by atoms with Gasteiger partial charge in [-0.2, -0.15) is 0 Å². The highest BCUT2D eigenvalue weighted by molar-refractivity contribution is 5.81. The maximum Gasteiger partial charge on any atom is 0.343 e. The van der Waals surface area contributed by atoms with Gasteiger partial charge in [-0.25, -0.2) is 14.8 Å². The molecule has 1 aromatic carbocycles. The Kier molecular flexibility index (Phi) is 8.46. The van der Waals surface area contributed by atoms with Crippen LogP contribution in [-0.2, 0) is 15.1 Å². The van der Waals surface area contributed by atoms with Crippen LogP contribution in [-0.4, -0.2) is 40.7 Å². The van der Waals surface area contributed by atoms with E-state index in [0.717, 1.165) is 58.0 Å². The van der Waals surface area contributed by atoms with Crippen LogP contribution in [0.1, 0.15) is 75.1 Å². The number of nitrogens with zero attached hydrogens (tertiary/aromatic N) is 2. The fourth-order valence-corrected chi connectivity index (χ4v) is 5.43. The molecule has 2 N–H and O–H groups in total. The second-order valence-corrected chi connectivity index (χ2v) is 9.64. The van der Waals surface area contributed by atoms with Crippen molar-refractivity contribution < 1.29 is 14.6 Å². The monoisotopic (exact) mass is 451 g/mol. The third kappa shape index (κ3) is 5.98. The van der Waals surface area contributed by atoms with Gasteiger partial charge in [0.05, 0.1) is 5.92 Å². The third-order valence-corrected chi connectivity index (χ3v) is 7.47. The molecule has 178 valence electrons. The molecule has 0 bridgehead atoms. The first-order chi connectivity index (χ1) is 16.2. The number of aromatic nitrogens is 2. The molecule has 1 saturated carbocycles. The number of piperidine rings is 1. The summed E-state index contributed by atoms with van der Waals surface area (Å²) in [6.45, 7) is 2.32. The van der Waals surface area contributed by atoms with Crippen molar-refractivity contribution in [3.05, 3.63) is 60.2 Å². The summed E-state index contributed by atoms with van der Waals surface area (Å²) in [7, 11) is 0. The number of ether oxygens (including phenoxy) is 1. The summed E-state index contributed by atoms with van der Waals surface area (Å²) in [6.07, 6.45) is 12.7. The molecular weight excluding hydrogens is 414 g/mol. The minimum atomic E-state index is -1.61. The highest BCUT2D eigenvalue weighted by atomic mass is 16.5. The van der Waals surface area contributed by atoms with Crippen LogP contribution < -0.4 is 5.32 Å². The van der Waals surface area contributed by atoms with Crippen LogP contribution in [0, 0.1) is 11.8 Å². The first-order valence-corrected chi connectivity index (χ1v) is 12.6. The molecule has 0 amide bonds. The Hall–Kier alpha value is -2.31. The summed E-state index contributed by atoms with van der Waals surface area (Å²) in [5.41, 5.74) is -0.983. The van der Waals surface area contributed by atoms with E-state index in [1.54, 1.807) is 18.5 Å². The van der Waals surface area contributed by atoms with Crippen molar-refractivity contribution >= 4 is 5.97 Å². The highest BCUT2D eigenvalue weighted by Crippen LogP contribution is 2.40. The second-order valence-electron chi connectivity index (χ2n) is 9.64. The number of benzene rings is 1. The van der Waals surface area contributed by atoms with E-state index in [2.05, 4.69) is 15.3 Å². The molecule has 6 heteroatoms. The van der Waals surface area contributed by atoms with Crippen molar-refractivity contribution in [2.24, 2.45) is 11.8 Å². The van der Waals surface area contributed by atoms with Gasteiger partial charge in [-0.05, 0) is 69.2 Å². The predicted octanol–water partition coefficient (Wildman–Crippen LogP) is 4.35. The molecule has 0 spiro atoms. The van der Waals surface area contributed by atoms with Crippen LogP contribution in [0.4, 0.5) is 0 Å². The van der Waals surface area contributed by atoms with E-state index >= 15 is 0 Å². The van der Waals surface area contributed by atoms with Crippen LogP contribution in [0.15, 0.2) is 48.8 Å². The van der Waals surface area contributed by atoms with Gasteiger partial charge in [0.1, 0.15) is 12.4 Å². The topological polar surface area (TPSA) is 84.3 Å². The van der Waals surface area contributed by atoms with Crippen LogP contribution in [0.25, 0.3) is 0 Å². The summed E-state index contributed by atoms with van der Waals surface area (Å²) in [6, 6.07) is 11.1. The molecule has 2 heterocycles. The minimum absolute atomic E-state index is 0.0728. The van der Waals surface area contributed by atoms with E-state index in [4.69, 9.17) is 4.74 Å². The Labute approximate surface area is 197 Å². The molecule has 2 atom stereocenters. The van der Waals surface area contributed by atoms with Crippen molar-refractivity contribution in [2.45, 2.75) is 69.3 Å². The lowest BCUT2D eigenvalue weighted by atomic mass is 9.73. The van der Waals surface area contributed by atoms with Gasteiger partial charge in [0.25, 0.3) is 0 Å². The smallest absolute Gasteiger partial charge is 0.343 e. The van der Waals surface area contributed by atoms with E-state index in [-0.39, 0.29) is 18.4 Å². The average Bonchev–Trinajstić information content (AvgIpc) is 2.90. The van der Waals surface area contributed by atoms with Gasteiger partial charge in [0.15, 0.2) is 5.60 Å². The number of rotatable bonds is 9. The molecule has 2 unspecified atom stereocenters. The van der Waals surface area contributed by atoms with Crippen molar-refractivity contribution in [3.63, 3.8) is 0 Å². The van der Waals surface area contributed by atoms with Crippen molar-refractivity contribution in [1.82, 2.24) is 15.3 Å². The van der Waals surface area contributed by atoms with Gasteiger partial charge in [0, 0.05) is 18.3 Å². The van der Waals surface area contributed by atoms with E-state index in [1.807, 2.05) is 30.3 Å². The summed E-state index contributed by atoms with van der Waals surface area (Å²) in [5.74, 6) is 0.652. The van der Waals surface area contributed by atoms with Crippen molar-refractivity contribution in [2.75, 3.05) is 19.7 Å². The van der Waals surface area contributed by atoms with Gasteiger partial charge in [-0.3, -0.25) is 0 Å². The number of hydrogen-bond acceptors (Lipinski definition) is 6. The zero-order valence-corrected chi connectivity index (χ0v) is 19.5. The highest BCUT2D eigenvalue weighted by Gasteiger charge is 2.47. The number of hydrogen-bond donors (Lipinski definition) is 2. The number of esters is 1. The van der Waals surface area contributed by atoms with E-state index in [9.17, 15) is 9.90 Å². The fraction of sp³-hybridized carbons (Fsp3) is 0.593. The van der Waals surface area contributed by atoms with Crippen LogP contribution in [0.3, 0.4) is 0 Å². The predicted molar refractivity (Wildman–Crippen MR) is 127 cm³/mol. The maximum absolute atomic E-state index is 13.5. The summed E-state index contributed by atoms with van der Waals surface area (Å²) >= 11 is 0. The Bertz CT molecular complexity index is 851. The molecule has 33 heavy (non-hydrogen) atoms. The standard InChI is InChI=1S/C27H37N3O3/c31-26(27(32,23-8-3-1-4-9-23)24-10-5-2-6-11-24)33-20-22(25-29-16-7-17-30-25)13-12-21-14-18-28-19-15-21/h1,3-4,7-9,16-17,21-22,24,28,32H,2,5-6,10-15,18-20H2. The van der Waals surface area contributed by atoms with E-state index in [0.29, 0.717) is 17.3 Å². The summed E-state index contributed by atoms with van der Waals surface area (Å²) < 4.78 is 5.89. The molecule has 2 aromatic rings. The molecular formula is C27H37N3O3. The SMILES string of the molecule is O=C(OCC(CCC1CCNCC1)c1ncccn1)C(O)(c1ccccc1)C1CCCCC1. The molecule has 2 aliphatic rings. The summed E-state index contributed by atoms with van der Waals surface area (Å²) in [4.78, 5) is 22.4. The second kappa shape index (κ2) is 11.7. The van der Waals surface area contributed by atoms with Crippen molar-refractivity contribution in [3.8, 4) is 0 Å². The molecule has 4 rings (SSSR count). The first-order valence-electron chi connectivity index (χ1n) is 12.6. The van der Waals surface area contributed by atoms with Crippen LogP contribution in [0.2, 0.25) is 0 Å². The molecule has 1 aromatic heterocycles. The normalized spacial score (nSPS) is 20.6. The molecule has 1 aliphatic heterocycles. The zero-order valence-electron chi connectivity index (χ0n) is 19.5. The quantitative estimate of drug-likeness (QED) is 0.552. The Balaban J connectivity index is 1.48. The van der Waals surface area contributed by atoms with Crippen LogP contribution >= 0.6 is 0 Å². The van der Waals surface area contributed by atoms with E-state index < -0.39 is 11.6 Å². The minimum Gasteiger partial charge on any atom is -0.463 e. The van der Waals surface area contributed by atoms with Gasteiger partial charge in [-0.15, -0.1) is 0 Å². The molecule has 0 radical (unpaired) electrons. The number of carbonyl (C=O) groups is 1. The molecule has 2 fully saturated rings. The number of aliphatic hydroxyl groups is 1. The zero-order chi connectivity index (χ0) is 22.9. The Morgan fingerprint density at radius 1 is 1.03 bits per heavy atom. The third-order valence-electron chi connectivity index (χ3n) is 7.47.